The van der Waals surface area contributed by atoms with Crippen molar-refractivity contribution in [2.75, 3.05) is 6.54 Å². The average molecular weight is 319 g/mol. The third-order valence-electron chi connectivity index (χ3n) is 3.79. The number of halogens is 1. The Hall–Kier alpha value is -2.35. The Morgan fingerprint density at radius 3 is 3.04 bits per heavy atom. The molecule has 1 unspecified atom stereocenters. The molecule has 2 aromatic rings. The molecule has 1 amide bonds. The van der Waals surface area contributed by atoms with Gasteiger partial charge in [-0.1, -0.05) is 5.16 Å². The molecular formula is C15H18FN5O2. The summed E-state index contributed by atoms with van der Waals surface area (Å²) in [5, 5.41) is 3.88. The molecule has 0 bridgehead atoms. The fourth-order valence-electron chi connectivity index (χ4n) is 2.55. The van der Waals surface area contributed by atoms with Crippen LogP contribution in [0.25, 0.3) is 0 Å². The number of likely N-dealkylation sites (tertiary alicyclic amines) is 1. The van der Waals surface area contributed by atoms with E-state index in [0.29, 0.717) is 36.8 Å². The van der Waals surface area contributed by atoms with E-state index >= 15 is 0 Å². The molecule has 1 aliphatic heterocycles. The zero-order valence-corrected chi connectivity index (χ0v) is 12.6. The molecule has 1 atom stereocenters. The molecule has 0 aliphatic carbocycles. The van der Waals surface area contributed by atoms with Gasteiger partial charge >= 0.3 is 0 Å². The van der Waals surface area contributed by atoms with E-state index < -0.39 is 11.9 Å². The van der Waals surface area contributed by atoms with Crippen molar-refractivity contribution in [3.05, 3.63) is 41.6 Å². The molecule has 0 radical (unpaired) electrons. The van der Waals surface area contributed by atoms with Crippen molar-refractivity contribution in [3.8, 4) is 0 Å². The van der Waals surface area contributed by atoms with Gasteiger partial charge in [0.15, 0.2) is 5.82 Å². The highest BCUT2D eigenvalue weighted by Gasteiger charge is 2.25. The van der Waals surface area contributed by atoms with Gasteiger partial charge in [0.05, 0.1) is 18.7 Å². The Balaban J connectivity index is 1.64. The van der Waals surface area contributed by atoms with Gasteiger partial charge in [-0.2, -0.15) is 4.98 Å². The van der Waals surface area contributed by atoms with Crippen molar-refractivity contribution in [2.24, 2.45) is 5.73 Å². The Labute approximate surface area is 132 Å². The summed E-state index contributed by atoms with van der Waals surface area (Å²) in [5.41, 5.74) is 6.49. The predicted octanol–water partition coefficient (Wildman–Crippen LogP) is 1.03. The maximum Gasteiger partial charge on any atom is 0.246 e. The fraction of sp³-hybridized carbons (Fsp3) is 0.467. The van der Waals surface area contributed by atoms with E-state index in [4.69, 9.17) is 10.3 Å². The largest absolute Gasteiger partial charge is 0.337 e. The lowest BCUT2D eigenvalue weighted by molar-refractivity contribution is -0.133. The van der Waals surface area contributed by atoms with Crippen molar-refractivity contribution < 1.29 is 13.7 Å². The van der Waals surface area contributed by atoms with Gasteiger partial charge in [-0.3, -0.25) is 9.78 Å². The second kappa shape index (κ2) is 6.82. The molecular weight excluding hydrogens is 301 g/mol. The van der Waals surface area contributed by atoms with Crippen LogP contribution in [0.1, 0.15) is 36.7 Å². The smallest absolute Gasteiger partial charge is 0.246 e. The minimum Gasteiger partial charge on any atom is -0.337 e. The average Bonchev–Trinajstić information content (AvgIpc) is 2.92. The van der Waals surface area contributed by atoms with Gasteiger partial charge in [0.25, 0.3) is 0 Å². The Kier molecular flexibility index (Phi) is 4.61. The van der Waals surface area contributed by atoms with Crippen LogP contribution in [-0.2, 0) is 17.8 Å². The zero-order valence-electron chi connectivity index (χ0n) is 12.6. The molecule has 1 saturated heterocycles. The summed E-state index contributed by atoms with van der Waals surface area (Å²) in [4.78, 5) is 22.0. The monoisotopic (exact) mass is 319 g/mol. The summed E-state index contributed by atoms with van der Waals surface area (Å²) >= 11 is 0. The number of nitrogens with two attached hydrogens (primary N) is 1. The number of rotatable bonds is 4. The molecule has 0 aromatic carbocycles. The second-order valence-electron chi connectivity index (χ2n) is 5.61. The maximum absolute atomic E-state index is 12.8. The molecule has 2 N–H and O–H groups in total. The summed E-state index contributed by atoms with van der Waals surface area (Å²) in [6, 6.07) is 2.45. The van der Waals surface area contributed by atoms with Crippen LogP contribution in [0.15, 0.2) is 22.9 Å². The first-order valence-electron chi connectivity index (χ1n) is 7.58. The van der Waals surface area contributed by atoms with E-state index in [2.05, 4.69) is 15.1 Å². The first kappa shape index (κ1) is 15.5. The molecule has 3 rings (SSSR count). The number of carbonyl (C=O) groups excluding carboxylic acids is 1. The van der Waals surface area contributed by atoms with Gasteiger partial charge < -0.3 is 15.2 Å². The molecule has 3 heterocycles. The van der Waals surface area contributed by atoms with Crippen LogP contribution in [0.4, 0.5) is 4.39 Å². The number of hydrogen-bond donors (Lipinski definition) is 1. The molecule has 0 saturated carbocycles. The number of pyridine rings is 1. The number of carbonyl (C=O) groups is 1. The molecule has 1 fully saturated rings. The van der Waals surface area contributed by atoms with Crippen LogP contribution < -0.4 is 5.73 Å². The third-order valence-corrected chi connectivity index (χ3v) is 3.79. The SMILES string of the molecule is NC1CCCCN(Cc2nc(Cc3ccc(F)cn3)no2)C1=O. The lowest BCUT2D eigenvalue weighted by atomic mass is 10.1. The minimum atomic E-state index is -0.455. The Bertz CT molecular complexity index is 673. The van der Waals surface area contributed by atoms with Crippen molar-refractivity contribution in [2.45, 2.75) is 38.3 Å². The highest BCUT2D eigenvalue weighted by atomic mass is 19.1. The standard InChI is InChI=1S/C15H18FN5O2/c16-10-4-5-11(18-8-10)7-13-19-14(23-20-13)9-21-6-2-1-3-12(17)15(21)22/h4-5,8,12H,1-3,6-7,9,17H2. The summed E-state index contributed by atoms with van der Waals surface area (Å²) in [5.74, 6) is 0.344. The van der Waals surface area contributed by atoms with Gasteiger partial charge in [0.1, 0.15) is 12.4 Å². The molecule has 1 aliphatic rings. The lowest BCUT2D eigenvalue weighted by Crippen LogP contribution is -2.41. The minimum absolute atomic E-state index is 0.0811. The van der Waals surface area contributed by atoms with Crippen LogP contribution in [0.2, 0.25) is 0 Å². The van der Waals surface area contributed by atoms with Gasteiger partial charge in [0, 0.05) is 12.2 Å². The van der Waals surface area contributed by atoms with E-state index in [1.54, 1.807) is 11.0 Å². The molecule has 7 nitrogen and oxygen atoms in total. The summed E-state index contributed by atoms with van der Waals surface area (Å²) in [6.07, 6.45) is 4.06. The van der Waals surface area contributed by atoms with Crippen LogP contribution in [0.3, 0.4) is 0 Å². The molecule has 0 spiro atoms. The summed E-state index contributed by atoms with van der Waals surface area (Å²) < 4.78 is 18.0. The van der Waals surface area contributed by atoms with Gasteiger partial charge in [-0.25, -0.2) is 4.39 Å². The van der Waals surface area contributed by atoms with E-state index in [9.17, 15) is 9.18 Å². The second-order valence-corrected chi connectivity index (χ2v) is 5.61. The van der Waals surface area contributed by atoms with Crippen LogP contribution in [-0.4, -0.2) is 38.5 Å². The Morgan fingerprint density at radius 1 is 1.39 bits per heavy atom. The number of aromatic nitrogens is 3. The summed E-state index contributed by atoms with van der Waals surface area (Å²) in [7, 11) is 0. The molecule has 122 valence electrons. The highest BCUT2D eigenvalue weighted by Crippen LogP contribution is 2.14. The van der Waals surface area contributed by atoms with Gasteiger partial charge in [-0.05, 0) is 31.4 Å². The van der Waals surface area contributed by atoms with Crippen molar-refractivity contribution >= 4 is 5.91 Å². The topological polar surface area (TPSA) is 98.1 Å². The third kappa shape index (κ3) is 3.89. The van der Waals surface area contributed by atoms with Gasteiger partial charge in [-0.15, -0.1) is 0 Å². The first-order valence-corrected chi connectivity index (χ1v) is 7.58. The highest BCUT2D eigenvalue weighted by molar-refractivity contribution is 5.81. The van der Waals surface area contributed by atoms with Crippen molar-refractivity contribution in [1.82, 2.24) is 20.0 Å². The molecule has 8 heteroatoms. The molecule has 23 heavy (non-hydrogen) atoms. The maximum atomic E-state index is 12.8. The summed E-state index contributed by atoms with van der Waals surface area (Å²) in [6.45, 7) is 0.903. The van der Waals surface area contributed by atoms with E-state index in [-0.39, 0.29) is 12.5 Å². The molecule has 2 aromatic heterocycles. The predicted molar refractivity (Wildman–Crippen MR) is 78.5 cm³/mol. The zero-order chi connectivity index (χ0) is 16.2. The van der Waals surface area contributed by atoms with Gasteiger partial charge in [0.2, 0.25) is 11.8 Å². The van der Waals surface area contributed by atoms with Crippen LogP contribution >= 0.6 is 0 Å². The van der Waals surface area contributed by atoms with Crippen LogP contribution in [0, 0.1) is 5.82 Å². The van der Waals surface area contributed by atoms with E-state index in [1.165, 1.54) is 6.07 Å². The quantitative estimate of drug-likeness (QED) is 0.904. The van der Waals surface area contributed by atoms with Crippen molar-refractivity contribution in [1.29, 1.82) is 0 Å². The van der Waals surface area contributed by atoms with E-state index in [1.807, 2.05) is 0 Å². The van der Waals surface area contributed by atoms with E-state index in [0.717, 1.165) is 19.0 Å². The fourth-order valence-corrected chi connectivity index (χ4v) is 2.55. The van der Waals surface area contributed by atoms with Crippen LogP contribution in [0.5, 0.6) is 0 Å². The normalized spacial score (nSPS) is 19.0. The lowest BCUT2D eigenvalue weighted by Gasteiger charge is -2.20. The number of amides is 1. The van der Waals surface area contributed by atoms with Crippen molar-refractivity contribution in [3.63, 3.8) is 0 Å². The number of hydrogen-bond acceptors (Lipinski definition) is 6. The number of nitrogens with zero attached hydrogens (tertiary/aromatic N) is 4. The first-order chi connectivity index (χ1) is 11.1. The Morgan fingerprint density at radius 2 is 2.26 bits per heavy atom.